The molecule has 2 heterocycles. The summed E-state index contributed by atoms with van der Waals surface area (Å²) in [6, 6.07) is 8.08. The number of nitriles is 1. The molecular weight excluding hydrogens is 260 g/mol. The molecule has 21 heavy (non-hydrogen) atoms. The number of aromatic amines is 1. The average Bonchev–Trinajstić information content (AvgIpc) is 2.95. The zero-order valence-electron chi connectivity index (χ0n) is 12.4. The van der Waals surface area contributed by atoms with E-state index in [1.807, 2.05) is 18.2 Å². The molecular formula is C17H22N4. The first-order valence-corrected chi connectivity index (χ1v) is 7.80. The number of benzene rings is 1. The Morgan fingerprint density at radius 2 is 2.05 bits per heavy atom. The van der Waals surface area contributed by atoms with Crippen LogP contribution in [0, 0.1) is 11.3 Å². The fourth-order valence-electron chi connectivity index (χ4n) is 3.04. The van der Waals surface area contributed by atoms with Gasteiger partial charge in [-0.15, -0.1) is 0 Å². The van der Waals surface area contributed by atoms with E-state index < -0.39 is 0 Å². The molecule has 0 atom stereocenters. The summed E-state index contributed by atoms with van der Waals surface area (Å²) in [5, 5.41) is 13.6. The zero-order chi connectivity index (χ0) is 14.5. The van der Waals surface area contributed by atoms with E-state index in [9.17, 15) is 0 Å². The Balaban J connectivity index is 1.54. The molecule has 1 fully saturated rings. The second-order valence-electron chi connectivity index (χ2n) is 5.73. The van der Waals surface area contributed by atoms with Crippen LogP contribution < -0.4 is 5.32 Å². The van der Waals surface area contributed by atoms with Crippen molar-refractivity contribution in [1.29, 1.82) is 5.26 Å². The summed E-state index contributed by atoms with van der Waals surface area (Å²) in [5.41, 5.74) is 3.21. The summed E-state index contributed by atoms with van der Waals surface area (Å²) in [7, 11) is 0. The first-order chi connectivity index (χ1) is 10.4. The molecule has 1 aromatic carbocycles. The van der Waals surface area contributed by atoms with E-state index in [2.05, 4.69) is 27.5 Å². The molecule has 3 rings (SSSR count). The van der Waals surface area contributed by atoms with E-state index in [0.29, 0.717) is 0 Å². The predicted molar refractivity (Wildman–Crippen MR) is 85.3 cm³/mol. The van der Waals surface area contributed by atoms with Crippen LogP contribution in [-0.4, -0.2) is 42.6 Å². The van der Waals surface area contributed by atoms with Crippen molar-refractivity contribution in [3.05, 3.63) is 35.5 Å². The van der Waals surface area contributed by atoms with Gasteiger partial charge < -0.3 is 15.2 Å². The van der Waals surface area contributed by atoms with Crippen molar-refractivity contribution in [3.63, 3.8) is 0 Å². The molecule has 1 aliphatic rings. The monoisotopic (exact) mass is 282 g/mol. The van der Waals surface area contributed by atoms with Crippen molar-refractivity contribution in [1.82, 2.24) is 15.2 Å². The minimum absolute atomic E-state index is 0.740. The van der Waals surface area contributed by atoms with Crippen LogP contribution in [0.1, 0.15) is 24.0 Å². The lowest BCUT2D eigenvalue weighted by molar-refractivity contribution is 0.237. The van der Waals surface area contributed by atoms with E-state index in [0.717, 1.165) is 30.6 Å². The molecule has 0 saturated carbocycles. The van der Waals surface area contributed by atoms with Crippen LogP contribution in [0.4, 0.5) is 0 Å². The molecule has 0 spiro atoms. The average molecular weight is 282 g/mol. The van der Waals surface area contributed by atoms with Gasteiger partial charge >= 0.3 is 0 Å². The Bertz CT molecular complexity index is 632. The fourth-order valence-corrected chi connectivity index (χ4v) is 3.04. The summed E-state index contributed by atoms with van der Waals surface area (Å²) < 4.78 is 0. The number of nitrogens with one attached hydrogen (secondary N) is 2. The second kappa shape index (κ2) is 6.75. The molecule has 2 aromatic rings. The summed E-state index contributed by atoms with van der Waals surface area (Å²) in [5.74, 6) is 0. The number of hydrogen-bond donors (Lipinski definition) is 2. The Labute approximate surface area is 125 Å². The number of H-pyrrole nitrogens is 1. The van der Waals surface area contributed by atoms with E-state index in [1.54, 1.807) is 0 Å². The minimum atomic E-state index is 0.740. The van der Waals surface area contributed by atoms with Gasteiger partial charge in [-0.2, -0.15) is 5.26 Å². The molecule has 1 aliphatic heterocycles. The quantitative estimate of drug-likeness (QED) is 0.827. The molecule has 1 saturated heterocycles. The Morgan fingerprint density at radius 1 is 1.19 bits per heavy atom. The topological polar surface area (TPSA) is 54.9 Å². The number of fused-ring (bicyclic) bond motifs is 1. The number of nitrogens with zero attached hydrogens (tertiary/aromatic N) is 2. The zero-order valence-corrected chi connectivity index (χ0v) is 12.4. The lowest BCUT2D eigenvalue weighted by atomic mass is 10.1. The van der Waals surface area contributed by atoms with Crippen molar-refractivity contribution < 1.29 is 0 Å². The fraction of sp³-hybridized carbons (Fsp3) is 0.471. The van der Waals surface area contributed by atoms with Gasteiger partial charge in [0, 0.05) is 43.3 Å². The Kier molecular flexibility index (Phi) is 4.54. The van der Waals surface area contributed by atoms with Gasteiger partial charge in [-0.1, -0.05) is 0 Å². The second-order valence-corrected chi connectivity index (χ2v) is 5.73. The van der Waals surface area contributed by atoms with E-state index in [4.69, 9.17) is 5.26 Å². The SMILES string of the molecule is N#Cc1ccc2[nH]cc(CCCCN3CCNCC3)c2c1. The van der Waals surface area contributed by atoms with Crippen LogP contribution in [0.5, 0.6) is 0 Å². The Morgan fingerprint density at radius 3 is 2.86 bits per heavy atom. The summed E-state index contributed by atoms with van der Waals surface area (Å²) >= 11 is 0. The lowest BCUT2D eigenvalue weighted by Crippen LogP contribution is -2.43. The van der Waals surface area contributed by atoms with E-state index in [-0.39, 0.29) is 0 Å². The van der Waals surface area contributed by atoms with Gasteiger partial charge in [0.1, 0.15) is 0 Å². The number of hydrogen-bond acceptors (Lipinski definition) is 3. The maximum absolute atomic E-state index is 9.01. The maximum atomic E-state index is 9.01. The largest absolute Gasteiger partial charge is 0.361 e. The van der Waals surface area contributed by atoms with Crippen LogP contribution in [0.25, 0.3) is 10.9 Å². The molecule has 0 aliphatic carbocycles. The van der Waals surface area contributed by atoms with E-state index >= 15 is 0 Å². The summed E-state index contributed by atoms with van der Waals surface area (Å²) in [6.45, 7) is 5.81. The van der Waals surface area contributed by atoms with Gasteiger partial charge in [0.05, 0.1) is 11.6 Å². The van der Waals surface area contributed by atoms with Crippen molar-refractivity contribution in [2.45, 2.75) is 19.3 Å². The van der Waals surface area contributed by atoms with Gasteiger partial charge in [-0.05, 0) is 49.6 Å². The number of aryl methyl sites for hydroxylation is 1. The van der Waals surface area contributed by atoms with E-state index in [1.165, 1.54) is 43.4 Å². The molecule has 0 amide bonds. The number of unbranched alkanes of at least 4 members (excludes halogenated alkanes) is 1. The van der Waals surface area contributed by atoms with Crippen LogP contribution >= 0.6 is 0 Å². The highest BCUT2D eigenvalue weighted by molar-refractivity contribution is 5.84. The minimum Gasteiger partial charge on any atom is -0.361 e. The lowest BCUT2D eigenvalue weighted by Gasteiger charge is -2.26. The number of piperazine rings is 1. The molecule has 4 heteroatoms. The highest BCUT2D eigenvalue weighted by atomic mass is 15.2. The first kappa shape index (κ1) is 14.1. The predicted octanol–water partition coefficient (Wildman–Crippen LogP) is 2.27. The highest BCUT2D eigenvalue weighted by Crippen LogP contribution is 2.21. The van der Waals surface area contributed by atoms with Gasteiger partial charge in [0.2, 0.25) is 0 Å². The third kappa shape index (κ3) is 3.44. The molecule has 4 nitrogen and oxygen atoms in total. The third-order valence-corrected chi connectivity index (χ3v) is 4.28. The van der Waals surface area contributed by atoms with Gasteiger partial charge in [-0.25, -0.2) is 0 Å². The first-order valence-electron chi connectivity index (χ1n) is 7.80. The molecule has 110 valence electrons. The summed E-state index contributed by atoms with van der Waals surface area (Å²) in [6.07, 6.45) is 5.62. The Hall–Kier alpha value is -1.83. The van der Waals surface area contributed by atoms with Crippen molar-refractivity contribution in [3.8, 4) is 6.07 Å². The van der Waals surface area contributed by atoms with Gasteiger partial charge in [0.25, 0.3) is 0 Å². The highest BCUT2D eigenvalue weighted by Gasteiger charge is 2.09. The molecule has 0 bridgehead atoms. The molecule has 0 radical (unpaired) electrons. The number of aromatic nitrogens is 1. The van der Waals surface area contributed by atoms with Gasteiger partial charge in [-0.3, -0.25) is 0 Å². The molecule has 0 unspecified atom stereocenters. The van der Waals surface area contributed by atoms with Crippen LogP contribution in [-0.2, 0) is 6.42 Å². The molecule has 1 aromatic heterocycles. The third-order valence-electron chi connectivity index (χ3n) is 4.28. The standard InChI is InChI=1S/C17H22N4/c18-12-14-4-5-17-16(11-14)15(13-20-17)3-1-2-8-21-9-6-19-7-10-21/h4-5,11,13,19-20H,1-3,6-10H2. The van der Waals surface area contributed by atoms with Crippen LogP contribution in [0.15, 0.2) is 24.4 Å². The summed E-state index contributed by atoms with van der Waals surface area (Å²) in [4.78, 5) is 5.84. The number of rotatable bonds is 5. The normalized spacial score (nSPS) is 16.1. The van der Waals surface area contributed by atoms with Gasteiger partial charge in [0.15, 0.2) is 0 Å². The van der Waals surface area contributed by atoms with Crippen molar-refractivity contribution in [2.24, 2.45) is 0 Å². The maximum Gasteiger partial charge on any atom is 0.0991 e. The van der Waals surface area contributed by atoms with Crippen LogP contribution in [0.2, 0.25) is 0 Å². The smallest absolute Gasteiger partial charge is 0.0991 e. The molecule has 2 N–H and O–H groups in total. The van der Waals surface area contributed by atoms with Crippen molar-refractivity contribution >= 4 is 10.9 Å². The van der Waals surface area contributed by atoms with Crippen LogP contribution in [0.3, 0.4) is 0 Å². The van der Waals surface area contributed by atoms with Crippen molar-refractivity contribution in [2.75, 3.05) is 32.7 Å².